The molecule has 79 valence electrons. The van der Waals surface area contributed by atoms with E-state index in [9.17, 15) is 14.7 Å². The summed E-state index contributed by atoms with van der Waals surface area (Å²) >= 11 is 0. The van der Waals surface area contributed by atoms with E-state index in [1.165, 1.54) is 12.0 Å². The number of hydrogen-bond donors (Lipinski definition) is 0. The maximum absolute atomic E-state index is 11.1. The van der Waals surface area contributed by atoms with Gasteiger partial charge in [-0.3, -0.25) is 9.59 Å². The third kappa shape index (κ3) is 2.45. The van der Waals surface area contributed by atoms with Gasteiger partial charge in [0.05, 0.1) is 13.0 Å². The van der Waals surface area contributed by atoms with Gasteiger partial charge in [-0.15, -0.1) is 0 Å². The second-order valence-corrected chi connectivity index (χ2v) is 3.32. The summed E-state index contributed by atoms with van der Waals surface area (Å²) in [6.07, 6.45) is 1.19. The van der Waals surface area contributed by atoms with Gasteiger partial charge >= 0.3 is 5.97 Å². The first-order chi connectivity index (χ1) is 6.69. The number of amides is 1. The molecule has 0 saturated carbocycles. The van der Waals surface area contributed by atoms with Crippen molar-refractivity contribution in [3.8, 4) is 0 Å². The van der Waals surface area contributed by atoms with E-state index in [1.54, 1.807) is 0 Å². The Bertz CT molecular complexity index is 197. The summed E-state index contributed by atoms with van der Waals surface area (Å²) in [5.74, 6) is -0.719. The Kier molecular flexibility index (Phi) is 3.88. The van der Waals surface area contributed by atoms with Crippen LogP contribution in [-0.4, -0.2) is 43.6 Å². The highest BCUT2D eigenvalue weighted by Gasteiger charge is 2.27. The smallest absolute Gasteiger partial charge is 0.308 e. The quantitative estimate of drug-likeness (QED) is 0.581. The number of methoxy groups -OCH3 is 1. The number of piperidine rings is 1. The number of ether oxygens (including phenoxy) is 1. The molecule has 5 nitrogen and oxygen atoms in total. The predicted molar refractivity (Wildman–Crippen MR) is 46.9 cm³/mol. The molecule has 1 fully saturated rings. The monoisotopic (exact) mass is 200 g/mol. The maximum Gasteiger partial charge on any atom is 0.308 e. The van der Waals surface area contributed by atoms with E-state index in [0.29, 0.717) is 25.9 Å². The molecule has 1 radical (unpaired) electrons. The average molecular weight is 200 g/mol. The Balaban J connectivity index is 2.38. The van der Waals surface area contributed by atoms with Crippen LogP contribution in [0.25, 0.3) is 0 Å². The molecule has 0 unspecified atom stereocenters. The topological polar surface area (TPSA) is 66.5 Å². The van der Waals surface area contributed by atoms with Crippen molar-refractivity contribution in [2.24, 2.45) is 5.92 Å². The van der Waals surface area contributed by atoms with E-state index < -0.39 is 6.61 Å². The van der Waals surface area contributed by atoms with Crippen LogP contribution >= 0.6 is 0 Å². The summed E-state index contributed by atoms with van der Waals surface area (Å²) in [6.45, 7) is 0.268. The first-order valence-corrected chi connectivity index (χ1v) is 4.62. The number of hydrogen-bond acceptors (Lipinski definition) is 3. The number of carbonyl (C=O) groups is 2. The van der Waals surface area contributed by atoms with Gasteiger partial charge in [0.1, 0.15) is 0 Å². The fourth-order valence-corrected chi connectivity index (χ4v) is 1.62. The molecular weight excluding hydrogens is 186 g/mol. The lowest BCUT2D eigenvalue weighted by atomic mass is 9.97. The number of nitrogens with zero attached hydrogens (tertiary/aromatic N) is 1. The number of carbonyl (C=O) groups excluding carboxylic acids is 2. The van der Waals surface area contributed by atoms with Gasteiger partial charge in [-0.1, -0.05) is 0 Å². The fraction of sp³-hybridized carbons (Fsp3) is 0.778. The Morgan fingerprint density at radius 1 is 1.36 bits per heavy atom. The first kappa shape index (κ1) is 11.0. The van der Waals surface area contributed by atoms with Crippen molar-refractivity contribution in [3.05, 3.63) is 0 Å². The molecule has 1 saturated heterocycles. The summed E-state index contributed by atoms with van der Waals surface area (Å²) in [7, 11) is 1.36. The van der Waals surface area contributed by atoms with Gasteiger partial charge in [0.15, 0.2) is 6.61 Å². The van der Waals surface area contributed by atoms with Gasteiger partial charge in [0.2, 0.25) is 0 Å². The molecule has 1 amide bonds. The average Bonchev–Trinajstić information content (AvgIpc) is 2.27. The summed E-state index contributed by atoms with van der Waals surface area (Å²) in [4.78, 5) is 23.6. The lowest BCUT2D eigenvalue weighted by Crippen LogP contribution is -2.41. The Morgan fingerprint density at radius 2 is 1.93 bits per heavy atom. The van der Waals surface area contributed by atoms with Crippen LogP contribution in [0.4, 0.5) is 0 Å². The number of rotatable bonds is 2. The van der Waals surface area contributed by atoms with E-state index in [-0.39, 0.29) is 17.8 Å². The van der Waals surface area contributed by atoms with Gasteiger partial charge in [-0.05, 0) is 12.8 Å². The minimum atomic E-state index is -0.705. The zero-order chi connectivity index (χ0) is 10.6. The Labute approximate surface area is 82.6 Å². The minimum Gasteiger partial charge on any atom is -0.469 e. The predicted octanol–water partition coefficient (Wildman–Crippen LogP) is -0.172. The molecule has 1 heterocycles. The third-order valence-corrected chi connectivity index (χ3v) is 2.51. The van der Waals surface area contributed by atoms with Gasteiger partial charge in [-0.2, -0.15) is 0 Å². The molecule has 1 rings (SSSR count). The molecule has 0 aliphatic carbocycles. The summed E-state index contributed by atoms with van der Waals surface area (Å²) < 4.78 is 4.61. The van der Waals surface area contributed by atoms with Crippen LogP contribution in [0.2, 0.25) is 0 Å². The molecule has 0 N–H and O–H groups in total. The first-order valence-electron chi connectivity index (χ1n) is 4.62. The zero-order valence-electron chi connectivity index (χ0n) is 8.19. The standard InChI is InChI=1S/C9H14NO4/c1-14-9(13)7-2-4-10(5-3-7)8(12)6-11/h7H,2-6H2,1H3. The molecule has 0 bridgehead atoms. The summed E-state index contributed by atoms with van der Waals surface area (Å²) in [6, 6.07) is 0. The molecule has 0 spiro atoms. The van der Waals surface area contributed by atoms with E-state index in [0.717, 1.165) is 0 Å². The molecule has 0 aromatic heterocycles. The van der Waals surface area contributed by atoms with Crippen LogP contribution in [0, 0.1) is 5.92 Å². The second kappa shape index (κ2) is 4.95. The van der Waals surface area contributed by atoms with Crippen LogP contribution in [0.3, 0.4) is 0 Å². The maximum atomic E-state index is 11.1. The highest BCUT2D eigenvalue weighted by atomic mass is 16.5. The Morgan fingerprint density at radius 3 is 2.36 bits per heavy atom. The fourth-order valence-electron chi connectivity index (χ4n) is 1.62. The van der Waals surface area contributed by atoms with Crippen molar-refractivity contribution in [1.29, 1.82) is 0 Å². The van der Waals surface area contributed by atoms with Crippen molar-refractivity contribution >= 4 is 11.9 Å². The van der Waals surface area contributed by atoms with Crippen LogP contribution in [0.5, 0.6) is 0 Å². The summed E-state index contributed by atoms with van der Waals surface area (Å²) in [5, 5.41) is 10.3. The van der Waals surface area contributed by atoms with Crippen molar-refractivity contribution in [2.75, 3.05) is 26.8 Å². The summed E-state index contributed by atoms with van der Waals surface area (Å²) in [5.41, 5.74) is 0. The van der Waals surface area contributed by atoms with Crippen molar-refractivity contribution in [1.82, 2.24) is 4.90 Å². The van der Waals surface area contributed by atoms with Crippen molar-refractivity contribution in [3.63, 3.8) is 0 Å². The molecule has 1 aliphatic heterocycles. The lowest BCUT2D eigenvalue weighted by Gasteiger charge is -2.29. The van der Waals surface area contributed by atoms with Crippen LogP contribution in [0.1, 0.15) is 12.8 Å². The van der Waals surface area contributed by atoms with Gasteiger partial charge in [0, 0.05) is 13.1 Å². The molecule has 0 aromatic rings. The molecule has 14 heavy (non-hydrogen) atoms. The molecule has 5 heteroatoms. The minimum absolute atomic E-state index is 0.115. The van der Waals surface area contributed by atoms with E-state index in [2.05, 4.69) is 4.74 Å². The van der Waals surface area contributed by atoms with E-state index in [1.807, 2.05) is 0 Å². The largest absolute Gasteiger partial charge is 0.469 e. The molecule has 1 aliphatic rings. The van der Waals surface area contributed by atoms with E-state index in [4.69, 9.17) is 0 Å². The van der Waals surface area contributed by atoms with Crippen molar-refractivity contribution in [2.45, 2.75) is 12.8 Å². The number of esters is 1. The van der Waals surface area contributed by atoms with Crippen LogP contribution < -0.4 is 0 Å². The third-order valence-electron chi connectivity index (χ3n) is 2.51. The highest BCUT2D eigenvalue weighted by molar-refractivity contribution is 5.78. The Hall–Kier alpha value is -1.10. The van der Waals surface area contributed by atoms with Gasteiger partial charge < -0.3 is 9.64 Å². The highest BCUT2D eigenvalue weighted by Crippen LogP contribution is 2.18. The van der Waals surface area contributed by atoms with Gasteiger partial charge in [0.25, 0.3) is 5.91 Å². The molecule has 0 atom stereocenters. The zero-order valence-corrected chi connectivity index (χ0v) is 8.19. The number of likely N-dealkylation sites (tertiary alicyclic amines) is 1. The normalized spacial score (nSPS) is 18.0. The van der Waals surface area contributed by atoms with Crippen molar-refractivity contribution < 1.29 is 19.4 Å². The molecule has 0 aromatic carbocycles. The SMILES string of the molecule is COC(=O)C1CCN(C(=O)C[O])CC1. The lowest BCUT2D eigenvalue weighted by molar-refractivity contribution is -0.149. The van der Waals surface area contributed by atoms with Crippen LogP contribution in [0.15, 0.2) is 0 Å². The van der Waals surface area contributed by atoms with E-state index >= 15 is 0 Å². The van der Waals surface area contributed by atoms with Gasteiger partial charge in [-0.25, -0.2) is 5.11 Å². The second-order valence-electron chi connectivity index (χ2n) is 3.32. The molecular formula is C9H14NO4. The van der Waals surface area contributed by atoms with Crippen LogP contribution in [-0.2, 0) is 19.4 Å².